The van der Waals surface area contributed by atoms with Crippen molar-refractivity contribution in [3.8, 4) is 11.4 Å². The Balaban J connectivity index is 1.50. The number of carbonyl (C=O) groups excluding carboxylic acids is 2. The lowest BCUT2D eigenvalue weighted by Crippen LogP contribution is -2.41. The summed E-state index contributed by atoms with van der Waals surface area (Å²) in [6.07, 6.45) is 0. The van der Waals surface area contributed by atoms with Crippen LogP contribution in [0.5, 0.6) is 0 Å². The number of benzene rings is 3. The van der Waals surface area contributed by atoms with E-state index in [9.17, 15) is 14.0 Å². The van der Waals surface area contributed by atoms with E-state index in [-0.39, 0.29) is 11.7 Å². The first-order valence-corrected chi connectivity index (χ1v) is 11.6. The Morgan fingerprint density at radius 2 is 1.71 bits per heavy atom. The van der Waals surface area contributed by atoms with Gasteiger partial charge in [0.15, 0.2) is 5.82 Å². The van der Waals surface area contributed by atoms with Crippen molar-refractivity contribution in [2.75, 3.05) is 17.9 Å². The number of nitrogens with one attached hydrogen (secondary N) is 2. The van der Waals surface area contributed by atoms with Crippen LogP contribution in [-0.2, 0) is 9.53 Å². The van der Waals surface area contributed by atoms with E-state index in [1.165, 1.54) is 43.1 Å². The van der Waals surface area contributed by atoms with Gasteiger partial charge in [0.1, 0.15) is 11.1 Å². The second kappa shape index (κ2) is 9.59. The highest BCUT2D eigenvalue weighted by atomic mass is 32.2. The number of halogens is 1. The summed E-state index contributed by atoms with van der Waals surface area (Å²) in [5.74, 6) is -0.504. The van der Waals surface area contributed by atoms with Crippen LogP contribution in [-0.4, -0.2) is 39.1 Å². The highest BCUT2D eigenvalue weighted by molar-refractivity contribution is 8.00. The fraction of sp³-hybridized carbons (Fsp3) is 0.120. The number of ether oxygens (including phenoxy) is 1. The predicted molar refractivity (Wildman–Crippen MR) is 130 cm³/mol. The monoisotopic (exact) mass is 489 g/mol. The third kappa shape index (κ3) is 4.60. The molecule has 0 saturated heterocycles. The first-order chi connectivity index (χ1) is 17.0. The highest BCUT2D eigenvalue weighted by Gasteiger charge is 2.38. The minimum Gasteiger partial charge on any atom is -0.465 e. The Bertz CT molecular complexity index is 1360. The van der Waals surface area contributed by atoms with Gasteiger partial charge >= 0.3 is 5.97 Å². The number of amides is 1. The summed E-state index contributed by atoms with van der Waals surface area (Å²) in [7, 11) is 1.32. The molecule has 10 heteroatoms. The number of fused-ring (bicyclic) bond motifs is 1. The third-order valence-corrected chi connectivity index (χ3v) is 6.74. The molecular formula is C25H20FN5O3S. The number of carbonyl (C=O) groups is 2. The Hall–Kier alpha value is -4.18. The molecule has 2 atom stereocenters. The lowest BCUT2D eigenvalue weighted by molar-refractivity contribution is -0.116. The SMILES string of the molecule is COC(=O)c1ccc([C@H]2Nn3c(nnc3-c3ccccc3)S[C@H]2C(=O)Nc2ccc(F)cc2)cc1. The molecule has 0 spiro atoms. The van der Waals surface area contributed by atoms with Crippen molar-refractivity contribution in [1.82, 2.24) is 14.9 Å². The molecule has 8 nitrogen and oxygen atoms in total. The molecule has 1 aromatic heterocycles. The highest BCUT2D eigenvalue weighted by Crippen LogP contribution is 2.39. The number of nitrogens with zero attached hydrogens (tertiary/aromatic N) is 3. The molecule has 1 aliphatic heterocycles. The summed E-state index contributed by atoms with van der Waals surface area (Å²) in [5.41, 5.74) is 5.92. The minimum atomic E-state index is -0.635. The number of methoxy groups -OCH3 is 1. The van der Waals surface area contributed by atoms with Gasteiger partial charge in [-0.25, -0.2) is 13.9 Å². The molecule has 0 saturated carbocycles. The minimum absolute atomic E-state index is 0.285. The summed E-state index contributed by atoms with van der Waals surface area (Å²) < 4.78 is 19.9. The van der Waals surface area contributed by atoms with Gasteiger partial charge in [-0.15, -0.1) is 10.2 Å². The number of hydrogen-bond donors (Lipinski definition) is 2. The van der Waals surface area contributed by atoms with Crippen LogP contribution in [0, 0.1) is 5.82 Å². The first kappa shape index (κ1) is 22.6. The molecule has 3 aromatic carbocycles. The standard InChI is InChI=1S/C25H20FN5O3S/c1-34-24(33)17-9-7-15(8-10-17)20-21(23(32)27-19-13-11-18(26)12-14-19)35-25-29-28-22(31(25)30-20)16-5-3-2-4-6-16/h2-14,20-21,30H,1H3,(H,27,32)/t20-,21-/m1/s1. The summed E-state index contributed by atoms with van der Waals surface area (Å²) in [5, 5.41) is 11.4. The number of anilines is 1. The zero-order valence-electron chi connectivity index (χ0n) is 18.5. The molecule has 0 fully saturated rings. The van der Waals surface area contributed by atoms with Crippen molar-refractivity contribution in [2.24, 2.45) is 0 Å². The maximum Gasteiger partial charge on any atom is 0.337 e. The molecule has 1 aliphatic rings. The van der Waals surface area contributed by atoms with Crippen LogP contribution in [0.1, 0.15) is 22.0 Å². The van der Waals surface area contributed by atoms with Crippen LogP contribution in [0.4, 0.5) is 10.1 Å². The molecule has 4 aromatic rings. The average molecular weight is 490 g/mol. The maximum atomic E-state index is 13.3. The van der Waals surface area contributed by atoms with Crippen LogP contribution in [0.2, 0.25) is 0 Å². The number of rotatable bonds is 5. The maximum absolute atomic E-state index is 13.3. The molecule has 1 amide bonds. The molecule has 2 N–H and O–H groups in total. The van der Waals surface area contributed by atoms with Gasteiger partial charge in [-0.2, -0.15) is 0 Å². The number of hydrogen-bond acceptors (Lipinski definition) is 7. The van der Waals surface area contributed by atoms with Crippen molar-refractivity contribution < 1.29 is 18.7 Å². The van der Waals surface area contributed by atoms with Crippen molar-refractivity contribution in [3.05, 3.63) is 95.8 Å². The number of aromatic nitrogens is 3. The molecular weight excluding hydrogens is 469 g/mol. The van der Waals surface area contributed by atoms with E-state index in [1.807, 2.05) is 30.3 Å². The lowest BCUT2D eigenvalue weighted by Gasteiger charge is -2.33. The lowest BCUT2D eigenvalue weighted by atomic mass is 10.0. The van der Waals surface area contributed by atoms with Gasteiger partial charge in [-0.1, -0.05) is 54.2 Å². The first-order valence-electron chi connectivity index (χ1n) is 10.7. The molecule has 0 radical (unpaired) electrons. The summed E-state index contributed by atoms with van der Waals surface area (Å²) >= 11 is 1.27. The number of esters is 1. The van der Waals surface area contributed by atoms with E-state index in [0.717, 1.165) is 11.1 Å². The van der Waals surface area contributed by atoms with E-state index in [4.69, 9.17) is 4.74 Å². The Labute approximate surface area is 204 Å². The van der Waals surface area contributed by atoms with Crippen LogP contribution in [0.3, 0.4) is 0 Å². The van der Waals surface area contributed by atoms with Gasteiger partial charge in [-0.3, -0.25) is 4.79 Å². The van der Waals surface area contributed by atoms with Gasteiger partial charge in [0, 0.05) is 11.3 Å². The summed E-state index contributed by atoms with van der Waals surface area (Å²) in [6, 6.07) is 21.6. The zero-order chi connectivity index (χ0) is 24.4. The van der Waals surface area contributed by atoms with Crippen LogP contribution < -0.4 is 10.7 Å². The second-order valence-electron chi connectivity index (χ2n) is 7.76. The van der Waals surface area contributed by atoms with Crippen molar-refractivity contribution >= 4 is 29.3 Å². The van der Waals surface area contributed by atoms with Gasteiger partial charge in [-0.05, 0) is 42.0 Å². The molecule has 0 bridgehead atoms. The van der Waals surface area contributed by atoms with Crippen molar-refractivity contribution in [2.45, 2.75) is 16.4 Å². The fourth-order valence-corrected chi connectivity index (χ4v) is 4.85. The van der Waals surface area contributed by atoms with E-state index in [0.29, 0.717) is 22.2 Å². The second-order valence-corrected chi connectivity index (χ2v) is 8.87. The molecule has 2 heterocycles. The molecule has 176 valence electrons. The van der Waals surface area contributed by atoms with E-state index in [1.54, 1.807) is 28.9 Å². The smallest absolute Gasteiger partial charge is 0.337 e. The van der Waals surface area contributed by atoms with Crippen molar-refractivity contribution in [1.29, 1.82) is 0 Å². The van der Waals surface area contributed by atoms with Crippen LogP contribution in [0.15, 0.2) is 84.0 Å². The fourth-order valence-electron chi connectivity index (χ4n) is 3.77. The third-order valence-electron chi connectivity index (χ3n) is 5.53. The Morgan fingerprint density at radius 3 is 2.40 bits per heavy atom. The predicted octanol–water partition coefficient (Wildman–Crippen LogP) is 4.27. The zero-order valence-corrected chi connectivity index (χ0v) is 19.3. The Morgan fingerprint density at radius 1 is 1.00 bits per heavy atom. The summed E-state index contributed by atoms with van der Waals surface area (Å²) in [6.45, 7) is 0. The molecule has 35 heavy (non-hydrogen) atoms. The van der Waals surface area contributed by atoms with E-state index in [2.05, 4.69) is 20.9 Å². The van der Waals surface area contributed by atoms with E-state index < -0.39 is 17.3 Å². The quantitative estimate of drug-likeness (QED) is 0.404. The normalized spacial score (nSPS) is 16.6. The van der Waals surface area contributed by atoms with Gasteiger partial charge in [0.2, 0.25) is 11.1 Å². The average Bonchev–Trinajstić information content (AvgIpc) is 3.32. The summed E-state index contributed by atoms with van der Waals surface area (Å²) in [4.78, 5) is 25.2. The number of thioether (sulfide) groups is 1. The van der Waals surface area contributed by atoms with Gasteiger partial charge in [0.05, 0.1) is 18.7 Å². The topological polar surface area (TPSA) is 98.1 Å². The molecule has 0 aliphatic carbocycles. The van der Waals surface area contributed by atoms with Crippen LogP contribution >= 0.6 is 11.8 Å². The van der Waals surface area contributed by atoms with Gasteiger partial charge in [0.25, 0.3) is 0 Å². The van der Waals surface area contributed by atoms with Crippen molar-refractivity contribution in [3.63, 3.8) is 0 Å². The van der Waals surface area contributed by atoms with Crippen LogP contribution in [0.25, 0.3) is 11.4 Å². The molecule has 5 rings (SSSR count). The van der Waals surface area contributed by atoms with E-state index >= 15 is 0 Å². The molecule has 0 unspecified atom stereocenters. The van der Waals surface area contributed by atoms with Gasteiger partial charge < -0.3 is 15.5 Å². The Kier molecular flexibility index (Phi) is 6.19. The largest absolute Gasteiger partial charge is 0.465 e.